The molecule has 1 atom stereocenters. The zero-order valence-electron chi connectivity index (χ0n) is 11.8. The number of nitrogens with zero attached hydrogens (tertiary/aromatic N) is 1. The Morgan fingerprint density at radius 1 is 1.38 bits per heavy atom. The standard InChI is InChI=1S/C14H30N2/c1-6-7-8-16-10-13(9-12(2)3)15-11-14(16,4)5/h12-13,15H,6-11H2,1-5H3. The molecule has 0 bridgehead atoms. The van der Waals surface area contributed by atoms with E-state index in [1.54, 1.807) is 0 Å². The first-order chi connectivity index (χ1) is 7.45. The molecule has 0 aromatic heterocycles. The van der Waals surface area contributed by atoms with Gasteiger partial charge in [0.25, 0.3) is 0 Å². The summed E-state index contributed by atoms with van der Waals surface area (Å²) in [6, 6.07) is 0.699. The molecule has 0 aromatic rings. The van der Waals surface area contributed by atoms with Gasteiger partial charge in [0.2, 0.25) is 0 Å². The van der Waals surface area contributed by atoms with Crippen molar-refractivity contribution in [3.05, 3.63) is 0 Å². The van der Waals surface area contributed by atoms with E-state index in [9.17, 15) is 0 Å². The van der Waals surface area contributed by atoms with Crippen molar-refractivity contribution in [2.24, 2.45) is 5.92 Å². The van der Waals surface area contributed by atoms with E-state index >= 15 is 0 Å². The Labute approximate surface area is 102 Å². The molecule has 96 valence electrons. The lowest BCUT2D eigenvalue weighted by Gasteiger charge is -2.46. The van der Waals surface area contributed by atoms with Crippen molar-refractivity contribution in [3.63, 3.8) is 0 Å². The minimum atomic E-state index is 0.336. The van der Waals surface area contributed by atoms with Crippen LogP contribution in [0.2, 0.25) is 0 Å². The molecule has 2 heteroatoms. The normalized spacial score (nSPS) is 26.2. The molecule has 1 aliphatic heterocycles. The van der Waals surface area contributed by atoms with Crippen molar-refractivity contribution in [1.82, 2.24) is 10.2 Å². The lowest BCUT2D eigenvalue weighted by molar-refractivity contribution is 0.0597. The second-order valence-electron chi connectivity index (χ2n) is 6.32. The summed E-state index contributed by atoms with van der Waals surface area (Å²) >= 11 is 0. The molecular weight excluding hydrogens is 196 g/mol. The Kier molecular flexibility index (Phi) is 5.26. The fourth-order valence-corrected chi connectivity index (χ4v) is 2.55. The molecular formula is C14H30N2. The van der Waals surface area contributed by atoms with Gasteiger partial charge in [0.15, 0.2) is 0 Å². The Morgan fingerprint density at radius 3 is 2.62 bits per heavy atom. The van der Waals surface area contributed by atoms with Crippen LogP contribution in [0.1, 0.15) is 53.9 Å². The first kappa shape index (κ1) is 14.0. The van der Waals surface area contributed by atoms with Gasteiger partial charge in [-0.2, -0.15) is 0 Å². The molecule has 0 saturated carbocycles. The summed E-state index contributed by atoms with van der Waals surface area (Å²) < 4.78 is 0. The van der Waals surface area contributed by atoms with Crippen molar-refractivity contribution < 1.29 is 0 Å². The fraction of sp³-hybridized carbons (Fsp3) is 1.00. The Hall–Kier alpha value is -0.0800. The maximum atomic E-state index is 3.71. The maximum Gasteiger partial charge on any atom is 0.0278 e. The maximum absolute atomic E-state index is 3.71. The zero-order chi connectivity index (χ0) is 12.2. The van der Waals surface area contributed by atoms with Crippen LogP contribution >= 0.6 is 0 Å². The first-order valence-electron chi connectivity index (χ1n) is 6.94. The van der Waals surface area contributed by atoms with Gasteiger partial charge in [-0.15, -0.1) is 0 Å². The summed E-state index contributed by atoms with van der Waals surface area (Å²) in [5.41, 5.74) is 0.336. The van der Waals surface area contributed by atoms with Crippen LogP contribution in [0.3, 0.4) is 0 Å². The summed E-state index contributed by atoms with van der Waals surface area (Å²) in [7, 11) is 0. The quantitative estimate of drug-likeness (QED) is 0.775. The second kappa shape index (κ2) is 6.02. The number of piperazine rings is 1. The molecule has 1 rings (SSSR count). The van der Waals surface area contributed by atoms with Gasteiger partial charge in [-0.05, 0) is 39.2 Å². The third-order valence-electron chi connectivity index (χ3n) is 3.66. The van der Waals surface area contributed by atoms with Gasteiger partial charge in [-0.1, -0.05) is 27.2 Å². The van der Waals surface area contributed by atoms with Gasteiger partial charge >= 0.3 is 0 Å². The molecule has 1 heterocycles. The monoisotopic (exact) mass is 226 g/mol. The van der Waals surface area contributed by atoms with E-state index in [1.165, 1.54) is 32.4 Å². The molecule has 16 heavy (non-hydrogen) atoms. The van der Waals surface area contributed by atoms with Gasteiger partial charge in [-0.3, -0.25) is 4.90 Å². The largest absolute Gasteiger partial charge is 0.311 e. The van der Waals surface area contributed by atoms with Crippen LogP contribution in [0.5, 0.6) is 0 Å². The minimum absolute atomic E-state index is 0.336. The highest BCUT2D eigenvalue weighted by molar-refractivity contribution is 4.92. The van der Waals surface area contributed by atoms with Gasteiger partial charge in [0.05, 0.1) is 0 Å². The molecule has 0 spiro atoms. The van der Waals surface area contributed by atoms with Gasteiger partial charge in [-0.25, -0.2) is 0 Å². The molecule has 0 amide bonds. The van der Waals surface area contributed by atoms with Crippen LogP contribution in [0.25, 0.3) is 0 Å². The highest BCUT2D eigenvalue weighted by Gasteiger charge is 2.33. The minimum Gasteiger partial charge on any atom is -0.311 e. The average Bonchev–Trinajstić information content (AvgIpc) is 2.18. The van der Waals surface area contributed by atoms with E-state index in [-0.39, 0.29) is 0 Å². The third-order valence-corrected chi connectivity index (χ3v) is 3.66. The van der Waals surface area contributed by atoms with Crippen LogP contribution in [-0.2, 0) is 0 Å². The van der Waals surface area contributed by atoms with E-state index in [2.05, 4.69) is 44.8 Å². The number of rotatable bonds is 5. The third kappa shape index (κ3) is 4.06. The van der Waals surface area contributed by atoms with Gasteiger partial charge in [0.1, 0.15) is 0 Å². The fourth-order valence-electron chi connectivity index (χ4n) is 2.55. The summed E-state index contributed by atoms with van der Waals surface area (Å²) in [6.45, 7) is 15.3. The van der Waals surface area contributed by atoms with E-state index in [0.717, 1.165) is 12.5 Å². The first-order valence-corrected chi connectivity index (χ1v) is 6.94. The predicted molar refractivity (Wildman–Crippen MR) is 71.8 cm³/mol. The number of nitrogens with one attached hydrogen (secondary N) is 1. The van der Waals surface area contributed by atoms with Crippen LogP contribution in [0.4, 0.5) is 0 Å². The summed E-state index contributed by atoms with van der Waals surface area (Å²) in [4.78, 5) is 2.68. The zero-order valence-corrected chi connectivity index (χ0v) is 11.8. The smallest absolute Gasteiger partial charge is 0.0278 e. The number of unbranched alkanes of at least 4 members (excludes halogenated alkanes) is 1. The van der Waals surface area contributed by atoms with Crippen molar-refractivity contribution in [1.29, 1.82) is 0 Å². The van der Waals surface area contributed by atoms with Crippen molar-refractivity contribution in [3.8, 4) is 0 Å². The highest BCUT2D eigenvalue weighted by atomic mass is 15.3. The molecule has 1 saturated heterocycles. The van der Waals surface area contributed by atoms with E-state index in [4.69, 9.17) is 0 Å². The van der Waals surface area contributed by atoms with Crippen LogP contribution in [-0.4, -0.2) is 36.1 Å². The van der Waals surface area contributed by atoms with Crippen LogP contribution < -0.4 is 5.32 Å². The topological polar surface area (TPSA) is 15.3 Å². The number of hydrogen-bond acceptors (Lipinski definition) is 2. The molecule has 0 aliphatic carbocycles. The molecule has 1 unspecified atom stereocenters. The Balaban J connectivity index is 2.48. The SMILES string of the molecule is CCCCN1CC(CC(C)C)NCC1(C)C. The van der Waals surface area contributed by atoms with E-state index < -0.39 is 0 Å². The lowest BCUT2D eigenvalue weighted by Crippen LogP contribution is -2.62. The van der Waals surface area contributed by atoms with Crippen molar-refractivity contribution in [2.75, 3.05) is 19.6 Å². The highest BCUT2D eigenvalue weighted by Crippen LogP contribution is 2.21. The second-order valence-corrected chi connectivity index (χ2v) is 6.32. The van der Waals surface area contributed by atoms with Crippen molar-refractivity contribution >= 4 is 0 Å². The summed E-state index contributed by atoms with van der Waals surface area (Å²) in [5.74, 6) is 0.798. The molecule has 0 aromatic carbocycles. The van der Waals surface area contributed by atoms with Gasteiger partial charge < -0.3 is 5.32 Å². The Bertz CT molecular complexity index is 199. The molecule has 1 N–H and O–H groups in total. The number of hydrogen-bond donors (Lipinski definition) is 1. The van der Waals surface area contributed by atoms with E-state index in [1.807, 2.05) is 0 Å². The molecule has 1 fully saturated rings. The summed E-state index contributed by atoms with van der Waals surface area (Å²) in [6.07, 6.45) is 3.94. The average molecular weight is 226 g/mol. The lowest BCUT2D eigenvalue weighted by atomic mass is 9.93. The molecule has 1 aliphatic rings. The molecule has 2 nitrogen and oxygen atoms in total. The van der Waals surface area contributed by atoms with Crippen LogP contribution in [0, 0.1) is 5.92 Å². The van der Waals surface area contributed by atoms with Gasteiger partial charge in [0, 0.05) is 24.7 Å². The molecule has 0 radical (unpaired) electrons. The predicted octanol–water partition coefficient (Wildman–Crippen LogP) is 2.89. The van der Waals surface area contributed by atoms with Crippen molar-refractivity contribution in [2.45, 2.75) is 65.5 Å². The Morgan fingerprint density at radius 2 is 2.06 bits per heavy atom. The summed E-state index contributed by atoms with van der Waals surface area (Å²) in [5, 5.41) is 3.71. The van der Waals surface area contributed by atoms with E-state index in [0.29, 0.717) is 11.6 Å². The van der Waals surface area contributed by atoms with Crippen LogP contribution in [0.15, 0.2) is 0 Å².